The van der Waals surface area contributed by atoms with Gasteiger partial charge in [0.15, 0.2) is 5.78 Å². The number of aryl methyl sites for hydroxylation is 1. The number of hydrogen-bond acceptors (Lipinski definition) is 5. The van der Waals surface area contributed by atoms with E-state index in [0.29, 0.717) is 28.4 Å². The van der Waals surface area contributed by atoms with Gasteiger partial charge < -0.3 is 14.2 Å². The fourth-order valence-corrected chi connectivity index (χ4v) is 2.88. The molecule has 0 N–H and O–H groups in total. The summed E-state index contributed by atoms with van der Waals surface area (Å²) in [7, 11) is 3.05. The van der Waals surface area contributed by atoms with E-state index in [1.54, 1.807) is 67.8 Å². The smallest absolute Gasteiger partial charge is 0.343 e. The largest absolute Gasteiger partial charge is 0.497 e. The summed E-state index contributed by atoms with van der Waals surface area (Å²) >= 11 is 0. The van der Waals surface area contributed by atoms with E-state index in [2.05, 4.69) is 0 Å². The van der Waals surface area contributed by atoms with Gasteiger partial charge in [0.05, 0.1) is 25.3 Å². The van der Waals surface area contributed by atoms with E-state index in [1.165, 1.54) is 13.2 Å². The summed E-state index contributed by atoms with van der Waals surface area (Å²) < 4.78 is 15.9. The van der Waals surface area contributed by atoms with Gasteiger partial charge in [-0.25, -0.2) is 4.79 Å². The van der Waals surface area contributed by atoms with Crippen molar-refractivity contribution in [3.05, 3.63) is 95.1 Å². The first kappa shape index (κ1) is 20.9. The van der Waals surface area contributed by atoms with Crippen LogP contribution in [0.3, 0.4) is 0 Å². The fourth-order valence-electron chi connectivity index (χ4n) is 2.88. The fraction of sp³-hybridized carbons (Fsp3) is 0.120. The molecule has 5 nitrogen and oxygen atoms in total. The van der Waals surface area contributed by atoms with E-state index < -0.39 is 5.97 Å². The highest BCUT2D eigenvalue weighted by molar-refractivity contribution is 6.08. The molecule has 0 atom stereocenters. The maximum atomic E-state index is 12.6. The molecular weight excluding hydrogens is 380 g/mol. The number of rotatable bonds is 7. The van der Waals surface area contributed by atoms with Crippen LogP contribution < -0.4 is 14.2 Å². The number of carbonyl (C=O) groups is 2. The standard InChI is InChI=1S/C25H22O5/c1-17-6-4-5-7-21(17)25(27)30-19-11-8-18(9-12-19)10-14-23(26)22-16-20(28-2)13-15-24(22)29-3/h4-16H,1-3H3/b14-10+. The van der Waals surface area contributed by atoms with E-state index in [-0.39, 0.29) is 5.78 Å². The number of hydrogen-bond donors (Lipinski definition) is 0. The summed E-state index contributed by atoms with van der Waals surface area (Å²) in [6, 6.07) is 19.2. The number of allylic oxidation sites excluding steroid dienone is 1. The van der Waals surface area contributed by atoms with E-state index >= 15 is 0 Å². The van der Waals surface area contributed by atoms with Crippen LogP contribution in [0.1, 0.15) is 31.8 Å². The molecule has 0 fully saturated rings. The highest BCUT2D eigenvalue weighted by atomic mass is 16.5. The second-order valence-electron chi connectivity index (χ2n) is 6.54. The topological polar surface area (TPSA) is 61.8 Å². The van der Waals surface area contributed by atoms with Gasteiger partial charge in [0.25, 0.3) is 0 Å². The van der Waals surface area contributed by atoms with Crippen molar-refractivity contribution in [3.63, 3.8) is 0 Å². The Balaban J connectivity index is 1.70. The predicted molar refractivity (Wildman–Crippen MR) is 115 cm³/mol. The zero-order valence-corrected chi connectivity index (χ0v) is 17.0. The van der Waals surface area contributed by atoms with Gasteiger partial charge in [-0.1, -0.05) is 36.4 Å². The van der Waals surface area contributed by atoms with Crippen molar-refractivity contribution in [1.29, 1.82) is 0 Å². The van der Waals surface area contributed by atoms with Crippen molar-refractivity contribution in [2.45, 2.75) is 6.92 Å². The third kappa shape index (κ3) is 4.94. The molecule has 3 rings (SSSR count). The molecule has 5 heteroatoms. The van der Waals surface area contributed by atoms with Crippen LogP contribution in [0.15, 0.2) is 72.8 Å². The molecule has 0 heterocycles. The molecule has 0 bridgehead atoms. The number of benzene rings is 3. The highest BCUT2D eigenvalue weighted by Crippen LogP contribution is 2.25. The average molecular weight is 402 g/mol. The molecule has 0 amide bonds. The molecule has 0 aliphatic carbocycles. The number of carbonyl (C=O) groups excluding carboxylic acids is 2. The van der Waals surface area contributed by atoms with E-state index in [4.69, 9.17) is 14.2 Å². The van der Waals surface area contributed by atoms with Crippen molar-refractivity contribution in [2.75, 3.05) is 14.2 Å². The second kappa shape index (κ2) is 9.56. The first-order chi connectivity index (χ1) is 14.5. The van der Waals surface area contributed by atoms with Gasteiger partial charge in [0, 0.05) is 0 Å². The van der Waals surface area contributed by atoms with Gasteiger partial charge in [0.1, 0.15) is 17.2 Å². The number of ketones is 1. The van der Waals surface area contributed by atoms with Crippen molar-refractivity contribution >= 4 is 17.8 Å². The van der Waals surface area contributed by atoms with Gasteiger partial charge in [-0.15, -0.1) is 0 Å². The lowest BCUT2D eigenvalue weighted by molar-refractivity contribution is 0.0734. The van der Waals surface area contributed by atoms with Gasteiger partial charge >= 0.3 is 5.97 Å². The summed E-state index contributed by atoms with van der Waals surface area (Å²) in [5.74, 6) is 0.870. The van der Waals surface area contributed by atoms with Gasteiger partial charge in [0.2, 0.25) is 0 Å². The van der Waals surface area contributed by atoms with Gasteiger partial charge in [-0.05, 0) is 60.5 Å². The SMILES string of the molecule is COc1ccc(OC)c(C(=O)/C=C/c2ccc(OC(=O)c3ccccc3C)cc2)c1. The molecule has 0 unspecified atom stereocenters. The van der Waals surface area contributed by atoms with Crippen LogP contribution in [0.2, 0.25) is 0 Å². The summed E-state index contributed by atoms with van der Waals surface area (Å²) in [4.78, 5) is 24.9. The zero-order chi connectivity index (χ0) is 21.5. The van der Waals surface area contributed by atoms with Crippen LogP contribution in [0, 0.1) is 6.92 Å². The Hall–Kier alpha value is -3.86. The Kier molecular flexibility index (Phi) is 6.65. The minimum Gasteiger partial charge on any atom is -0.497 e. The molecule has 0 radical (unpaired) electrons. The minimum absolute atomic E-state index is 0.208. The molecule has 0 aromatic heterocycles. The lowest BCUT2D eigenvalue weighted by Gasteiger charge is -2.08. The summed E-state index contributed by atoms with van der Waals surface area (Å²) in [6.07, 6.45) is 3.15. The van der Waals surface area contributed by atoms with Crippen LogP contribution in [0.25, 0.3) is 6.08 Å². The van der Waals surface area contributed by atoms with Gasteiger partial charge in [-0.3, -0.25) is 4.79 Å². The first-order valence-electron chi connectivity index (χ1n) is 9.34. The summed E-state index contributed by atoms with van der Waals surface area (Å²) in [5, 5.41) is 0. The van der Waals surface area contributed by atoms with Crippen molar-refractivity contribution in [1.82, 2.24) is 0 Å². The molecule has 152 valence electrons. The molecule has 0 saturated carbocycles. The lowest BCUT2D eigenvalue weighted by atomic mass is 10.1. The Labute approximate surface area is 175 Å². The Morgan fingerprint density at radius 3 is 2.17 bits per heavy atom. The molecule has 0 spiro atoms. The molecule has 3 aromatic rings. The van der Waals surface area contributed by atoms with Crippen LogP contribution in [0.5, 0.6) is 17.2 Å². The van der Waals surface area contributed by atoms with Crippen LogP contribution in [0.4, 0.5) is 0 Å². The quantitative estimate of drug-likeness (QED) is 0.237. The zero-order valence-electron chi connectivity index (χ0n) is 17.0. The lowest BCUT2D eigenvalue weighted by Crippen LogP contribution is -2.09. The molecular formula is C25H22O5. The average Bonchev–Trinajstić information content (AvgIpc) is 2.78. The second-order valence-corrected chi connectivity index (χ2v) is 6.54. The van der Waals surface area contributed by atoms with E-state index in [0.717, 1.165) is 11.1 Å². The van der Waals surface area contributed by atoms with Crippen molar-refractivity contribution < 1.29 is 23.8 Å². The van der Waals surface area contributed by atoms with Gasteiger partial charge in [-0.2, -0.15) is 0 Å². The van der Waals surface area contributed by atoms with Crippen molar-refractivity contribution in [2.24, 2.45) is 0 Å². The van der Waals surface area contributed by atoms with Crippen LogP contribution >= 0.6 is 0 Å². The minimum atomic E-state index is -0.406. The Bertz CT molecular complexity index is 1080. The first-order valence-corrected chi connectivity index (χ1v) is 9.34. The van der Waals surface area contributed by atoms with Crippen LogP contribution in [-0.4, -0.2) is 26.0 Å². The molecule has 0 saturated heterocycles. The molecule has 0 aliphatic rings. The maximum Gasteiger partial charge on any atom is 0.343 e. The summed E-state index contributed by atoms with van der Waals surface area (Å²) in [5.41, 5.74) is 2.59. The number of methoxy groups -OCH3 is 2. The third-order valence-electron chi connectivity index (χ3n) is 4.55. The van der Waals surface area contributed by atoms with Crippen LogP contribution in [-0.2, 0) is 0 Å². The maximum absolute atomic E-state index is 12.6. The monoisotopic (exact) mass is 402 g/mol. The van der Waals surface area contributed by atoms with E-state index in [1.807, 2.05) is 19.1 Å². The molecule has 3 aromatic carbocycles. The third-order valence-corrected chi connectivity index (χ3v) is 4.55. The number of esters is 1. The highest BCUT2D eigenvalue weighted by Gasteiger charge is 2.12. The van der Waals surface area contributed by atoms with E-state index in [9.17, 15) is 9.59 Å². The molecule has 0 aliphatic heterocycles. The number of ether oxygens (including phenoxy) is 3. The molecule has 30 heavy (non-hydrogen) atoms. The van der Waals surface area contributed by atoms with Crippen molar-refractivity contribution in [3.8, 4) is 17.2 Å². The Morgan fingerprint density at radius 1 is 0.800 bits per heavy atom. The Morgan fingerprint density at radius 2 is 1.50 bits per heavy atom. The summed E-state index contributed by atoms with van der Waals surface area (Å²) in [6.45, 7) is 1.86. The normalized spacial score (nSPS) is 10.6. The predicted octanol–water partition coefficient (Wildman–Crippen LogP) is 5.13.